The zero-order valence-electron chi connectivity index (χ0n) is 8.22. The molecule has 3 heteroatoms. The summed E-state index contributed by atoms with van der Waals surface area (Å²) >= 11 is 5.60. The van der Waals surface area contributed by atoms with Gasteiger partial charge < -0.3 is 5.32 Å². The molecule has 1 aliphatic carbocycles. The molecule has 14 heavy (non-hydrogen) atoms. The average Bonchev–Trinajstić information content (AvgIpc) is 2.65. The fourth-order valence-electron chi connectivity index (χ4n) is 1.80. The Hall–Kier alpha value is -0.760. The number of anilines is 1. The highest BCUT2D eigenvalue weighted by molar-refractivity contribution is 6.17. The van der Waals surface area contributed by atoms with E-state index in [0.29, 0.717) is 5.88 Å². The summed E-state index contributed by atoms with van der Waals surface area (Å²) in [5, 5.41) is 3.28. The molecule has 2 rings (SSSR count). The lowest BCUT2D eigenvalue weighted by atomic mass is 10.2. The maximum absolute atomic E-state index is 5.60. The molecule has 1 N–H and O–H groups in total. The van der Waals surface area contributed by atoms with Crippen molar-refractivity contribution < 1.29 is 0 Å². The Balaban J connectivity index is 1.98. The van der Waals surface area contributed by atoms with Gasteiger partial charge in [-0.15, -0.1) is 11.6 Å². The number of halogens is 1. The molecule has 0 atom stereocenters. The van der Waals surface area contributed by atoms with Crippen molar-refractivity contribution in [2.75, 3.05) is 17.7 Å². The van der Waals surface area contributed by atoms with Gasteiger partial charge in [0, 0.05) is 18.1 Å². The fraction of sp³-hybridized carbons (Fsp3) is 0.545. The number of aromatic nitrogens is 1. The topological polar surface area (TPSA) is 24.9 Å². The third-order valence-corrected chi connectivity index (χ3v) is 2.81. The van der Waals surface area contributed by atoms with Gasteiger partial charge in [-0.2, -0.15) is 0 Å². The molecular formula is C11H15ClN2. The summed E-state index contributed by atoms with van der Waals surface area (Å²) in [6.07, 6.45) is 4.58. The summed E-state index contributed by atoms with van der Waals surface area (Å²) in [5.74, 6) is 1.70. The van der Waals surface area contributed by atoms with Crippen molar-refractivity contribution in [1.82, 2.24) is 4.98 Å². The maximum Gasteiger partial charge on any atom is 0.126 e. The molecule has 0 fully saturated rings. The Bertz CT molecular complexity index is 312. The number of fused-ring (bicyclic) bond motifs is 1. The van der Waals surface area contributed by atoms with Crippen molar-refractivity contribution >= 4 is 17.4 Å². The van der Waals surface area contributed by atoms with E-state index >= 15 is 0 Å². The van der Waals surface area contributed by atoms with E-state index in [1.54, 1.807) is 0 Å². The number of hydrogen-bond acceptors (Lipinski definition) is 2. The van der Waals surface area contributed by atoms with Crippen LogP contribution in [0.2, 0.25) is 0 Å². The van der Waals surface area contributed by atoms with E-state index in [9.17, 15) is 0 Å². The molecule has 1 heterocycles. The van der Waals surface area contributed by atoms with Gasteiger partial charge in [-0.05, 0) is 37.3 Å². The molecule has 1 aliphatic rings. The van der Waals surface area contributed by atoms with E-state index in [-0.39, 0.29) is 0 Å². The highest BCUT2D eigenvalue weighted by Crippen LogP contribution is 2.21. The Morgan fingerprint density at radius 1 is 1.36 bits per heavy atom. The molecule has 0 saturated heterocycles. The molecule has 0 aliphatic heterocycles. The molecule has 2 nitrogen and oxygen atoms in total. The van der Waals surface area contributed by atoms with Crippen LogP contribution in [0.15, 0.2) is 12.1 Å². The first-order chi connectivity index (χ1) is 6.90. The predicted octanol–water partition coefficient (Wildman–Crippen LogP) is 2.61. The molecule has 0 unspecified atom stereocenters. The van der Waals surface area contributed by atoms with Gasteiger partial charge in [0.25, 0.3) is 0 Å². The van der Waals surface area contributed by atoms with Crippen molar-refractivity contribution in [3.63, 3.8) is 0 Å². The van der Waals surface area contributed by atoms with Crippen molar-refractivity contribution in [3.05, 3.63) is 23.4 Å². The van der Waals surface area contributed by atoms with Gasteiger partial charge in [0.05, 0.1) is 0 Å². The minimum absolute atomic E-state index is 0.706. The first-order valence-corrected chi connectivity index (χ1v) is 5.72. The third kappa shape index (κ3) is 2.18. The van der Waals surface area contributed by atoms with Gasteiger partial charge in [-0.25, -0.2) is 4.98 Å². The number of pyridine rings is 1. The molecule has 0 aromatic carbocycles. The lowest BCUT2D eigenvalue weighted by Crippen LogP contribution is -2.04. The molecule has 1 aromatic rings. The van der Waals surface area contributed by atoms with Crippen molar-refractivity contribution in [1.29, 1.82) is 0 Å². The molecule has 0 radical (unpaired) electrons. The number of nitrogens with one attached hydrogen (secondary N) is 1. The minimum Gasteiger partial charge on any atom is -0.370 e. The third-order valence-electron chi connectivity index (χ3n) is 2.54. The molecule has 0 spiro atoms. The van der Waals surface area contributed by atoms with Crippen LogP contribution in [0.5, 0.6) is 0 Å². The Kier molecular flexibility index (Phi) is 3.25. The summed E-state index contributed by atoms with van der Waals surface area (Å²) in [6, 6.07) is 4.26. The van der Waals surface area contributed by atoms with Crippen LogP contribution in [0.25, 0.3) is 0 Å². The zero-order chi connectivity index (χ0) is 9.80. The van der Waals surface area contributed by atoms with Crippen molar-refractivity contribution in [2.24, 2.45) is 0 Å². The van der Waals surface area contributed by atoms with Crippen molar-refractivity contribution in [2.45, 2.75) is 25.7 Å². The van der Waals surface area contributed by atoms with Gasteiger partial charge in [0.15, 0.2) is 0 Å². The van der Waals surface area contributed by atoms with Gasteiger partial charge in [0.1, 0.15) is 5.82 Å². The number of rotatable bonds is 4. The first kappa shape index (κ1) is 9.78. The quantitative estimate of drug-likeness (QED) is 0.611. The van der Waals surface area contributed by atoms with Crippen LogP contribution in [0.1, 0.15) is 24.1 Å². The van der Waals surface area contributed by atoms with E-state index in [1.165, 1.54) is 24.1 Å². The second-order valence-electron chi connectivity index (χ2n) is 3.63. The second-order valence-corrected chi connectivity index (χ2v) is 4.00. The number of hydrogen-bond donors (Lipinski definition) is 1. The summed E-state index contributed by atoms with van der Waals surface area (Å²) in [5.41, 5.74) is 2.70. The fourth-order valence-corrected chi connectivity index (χ4v) is 1.94. The Morgan fingerprint density at radius 2 is 2.29 bits per heavy atom. The molecule has 0 saturated carbocycles. The zero-order valence-corrected chi connectivity index (χ0v) is 8.98. The number of aryl methyl sites for hydroxylation is 2. The van der Waals surface area contributed by atoms with Gasteiger partial charge in [-0.3, -0.25) is 0 Å². The Labute approximate surface area is 89.7 Å². The largest absolute Gasteiger partial charge is 0.370 e. The highest BCUT2D eigenvalue weighted by atomic mass is 35.5. The average molecular weight is 211 g/mol. The van der Waals surface area contributed by atoms with Crippen LogP contribution >= 0.6 is 11.6 Å². The standard InChI is InChI=1S/C11H15ClN2/c12-7-2-8-13-11-6-5-9-3-1-4-10(9)14-11/h5-6H,1-4,7-8H2,(H,13,14). The van der Waals surface area contributed by atoms with Crippen LogP contribution in [-0.4, -0.2) is 17.4 Å². The highest BCUT2D eigenvalue weighted by Gasteiger charge is 2.11. The van der Waals surface area contributed by atoms with Gasteiger partial charge >= 0.3 is 0 Å². The van der Waals surface area contributed by atoms with Crippen LogP contribution in [-0.2, 0) is 12.8 Å². The van der Waals surface area contributed by atoms with E-state index < -0.39 is 0 Å². The summed E-state index contributed by atoms with van der Waals surface area (Å²) < 4.78 is 0. The van der Waals surface area contributed by atoms with Crippen LogP contribution in [0.3, 0.4) is 0 Å². The smallest absolute Gasteiger partial charge is 0.126 e. The monoisotopic (exact) mass is 210 g/mol. The molecular weight excluding hydrogens is 196 g/mol. The van der Waals surface area contributed by atoms with E-state index in [1.807, 2.05) is 0 Å². The predicted molar refractivity (Wildman–Crippen MR) is 60.1 cm³/mol. The number of alkyl halides is 1. The minimum atomic E-state index is 0.706. The van der Waals surface area contributed by atoms with Crippen LogP contribution < -0.4 is 5.32 Å². The Morgan fingerprint density at radius 3 is 3.14 bits per heavy atom. The first-order valence-electron chi connectivity index (χ1n) is 5.19. The normalized spacial score (nSPS) is 14.1. The lowest BCUT2D eigenvalue weighted by molar-refractivity contribution is 0.898. The van der Waals surface area contributed by atoms with E-state index in [2.05, 4.69) is 22.4 Å². The van der Waals surface area contributed by atoms with Crippen LogP contribution in [0, 0.1) is 0 Å². The summed E-state index contributed by atoms with van der Waals surface area (Å²) in [4.78, 5) is 4.57. The summed E-state index contributed by atoms with van der Waals surface area (Å²) in [7, 11) is 0. The number of nitrogens with zero attached hydrogens (tertiary/aromatic N) is 1. The maximum atomic E-state index is 5.60. The summed E-state index contributed by atoms with van der Waals surface area (Å²) in [6.45, 7) is 0.912. The van der Waals surface area contributed by atoms with E-state index in [0.717, 1.165) is 25.2 Å². The van der Waals surface area contributed by atoms with Gasteiger partial charge in [-0.1, -0.05) is 6.07 Å². The van der Waals surface area contributed by atoms with E-state index in [4.69, 9.17) is 11.6 Å². The lowest BCUT2D eigenvalue weighted by Gasteiger charge is -2.06. The van der Waals surface area contributed by atoms with Crippen molar-refractivity contribution in [3.8, 4) is 0 Å². The van der Waals surface area contributed by atoms with Crippen LogP contribution in [0.4, 0.5) is 5.82 Å². The molecule has 0 amide bonds. The van der Waals surface area contributed by atoms with Gasteiger partial charge in [0.2, 0.25) is 0 Å². The second kappa shape index (κ2) is 4.65. The SMILES string of the molecule is ClCCCNc1ccc2c(n1)CCC2. The molecule has 76 valence electrons. The molecule has 0 bridgehead atoms. The molecule has 1 aromatic heterocycles.